The number of rotatable bonds is 3. The summed E-state index contributed by atoms with van der Waals surface area (Å²) in [4.78, 5) is 16.6. The van der Waals surface area contributed by atoms with Gasteiger partial charge in [0.05, 0.1) is 11.2 Å². The van der Waals surface area contributed by atoms with Gasteiger partial charge in [0.25, 0.3) is 0 Å². The zero-order chi connectivity index (χ0) is 16.4. The summed E-state index contributed by atoms with van der Waals surface area (Å²) in [5.41, 5.74) is 4.60. The van der Waals surface area contributed by atoms with Gasteiger partial charge in [0.1, 0.15) is 5.82 Å². The molecule has 2 aromatic carbocycles. The van der Waals surface area contributed by atoms with Crippen LogP contribution in [-0.2, 0) is 0 Å². The summed E-state index contributed by atoms with van der Waals surface area (Å²) < 4.78 is 0.927. The molecule has 4 rings (SSSR count). The fourth-order valence-electron chi connectivity index (χ4n) is 2.40. The normalized spacial score (nSPS) is 11.4. The van der Waals surface area contributed by atoms with E-state index >= 15 is 0 Å². The van der Waals surface area contributed by atoms with Gasteiger partial charge in [-0.3, -0.25) is 4.99 Å². The zero-order valence-electron chi connectivity index (χ0n) is 12.6. The van der Waals surface area contributed by atoms with Gasteiger partial charge in [0, 0.05) is 22.4 Å². The molecule has 0 spiro atoms. The van der Waals surface area contributed by atoms with Gasteiger partial charge in [-0.2, -0.15) is 0 Å². The van der Waals surface area contributed by atoms with Crippen molar-refractivity contribution in [2.45, 2.75) is 0 Å². The number of fused-ring (bicyclic) bond motifs is 1. The minimum atomic E-state index is 0.708. The van der Waals surface area contributed by atoms with E-state index < -0.39 is 0 Å². The molecule has 0 unspecified atom stereocenters. The number of nitrogens with one attached hydrogen (secondary N) is 1. The number of nitrogens with zero attached hydrogens (tertiary/aromatic N) is 3. The molecule has 5 heteroatoms. The minimum absolute atomic E-state index is 0.708. The van der Waals surface area contributed by atoms with E-state index in [1.54, 1.807) is 6.20 Å². The van der Waals surface area contributed by atoms with Gasteiger partial charge in [0.15, 0.2) is 5.65 Å². The van der Waals surface area contributed by atoms with Crippen LogP contribution in [0.3, 0.4) is 0 Å². The molecule has 116 valence electrons. The molecule has 4 aromatic rings. The summed E-state index contributed by atoms with van der Waals surface area (Å²) in [6.07, 6.45) is 3.60. The molecule has 24 heavy (non-hydrogen) atoms. The number of pyridine rings is 1. The standard InChI is InChI=1S/C19H13BrN4/c20-15-10-17-19(22-12-15)24-18(23-17)14-6-8-16(9-7-14)21-11-13-4-2-1-3-5-13/h1-12H,(H,22,23,24). The summed E-state index contributed by atoms with van der Waals surface area (Å²) in [5, 5.41) is 0. The Labute approximate surface area is 147 Å². The highest BCUT2D eigenvalue weighted by Crippen LogP contribution is 2.23. The topological polar surface area (TPSA) is 53.9 Å². The lowest BCUT2D eigenvalue weighted by molar-refractivity contribution is 1.30. The Kier molecular flexibility index (Phi) is 3.92. The second kappa shape index (κ2) is 6.37. The van der Waals surface area contributed by atoms with E-state index in [2.05, 4.69) is 35.9 Å². The monoisotopic (exact) mass is 376 g/mol. The van der Waals surface area contributed by atoms with Crippen LogP contribution >= 0.6 is 15.9 Å². The Morgan fingerprint density at radius 2 is 1.79 bits per heavy atom. The fourth-order valence-corrected chi connectivity index (χ4v) is 2.74. The van der Waals surface area contributed by atoms with Crippen molar-refractivity contribution in [2.75, 3.05) is 0 Å². The van der Waals surface area contributed by atoms with E-state index in [0.717, 1.165) is 32.6 Å². The van der Waals surface area contributed by atoms with Crippen LogP contribution in [0.25, 0.3) is 22.6 Å². The molecule has 0 saturated carbocycles. The number of benzene rings is 2. The number of imidazole rings is 1. The first kappa shape index (κ1) is 14.8. The van der Waals surface area contributed by atoms with Gasteiger partial charge in [-0.05, 0) is 51.8 Å². The first-order valence-electron chi connectivity index (χ1n) is 7.49. The summed E-state index contributed by atoms with van der Waals surface area (Å²) in [6.45, 7) is 0. The maximum atomic E-state index is 4.52. The summed E-state index contributed by atoms with van der Waals surface area (Å²) >= 11 is 3.42. The number of halogens is 1. The van der Waals surface area contributed by atoms with E-state index in [-0.39, 0.29) is 0 Å². The molecule has 0 saturated heterocycles. The third-order valence-corrected chi connectivity index (χ3v) is 4.04. The molecular weight excluding hydrogens is 364 g/mol. The second-order valence-electron chi connectivity index (χ2n) is 5.33. The molecule has 0 atom stereocenters. The van der Waals surface area contributed by atoms with Crippen LogP contribution < -0.4 is 0 Å². The lowest BCUT2D eigenvalue weighted by Gasteiger charge is -1.98. The van der Waals surface area contributed by atoms with Gasteiger partial charge < -0.3 is 4.98 Å². The van der Waals surface area contributed by atoms with Crippen LogP contribution in [0.2, 0.25) is 0 Å². The molecule has 2 aromatic heterocycles. The molecule has 0 bridgehead atoms. The maximum absolute atomic E-state index is 4.52. The number of hydrogen-bond donors (Lipinski definition) is 1. The molecule has 4 nitrogen and oxygen atoms in total. The fraction of sp³-hybridized carbons (Fsp3) is 0. The Balaban J connectivity index is 1.59. The Morgan fingerprint density at radius 3 is 2.58 bits per heavy atom. The first-order chi connectivity index (χ1) is 11.8. The highest BCUT2D eigenvalue weighted by Gasteiger charge is 2.06. The Morgan fingerprint density at radius 1 is 1.00 bits per heavy atom. The van der Waals surface area contributed by atoms with Crippen LogP contribution in [0.5, 0.6) is 0 Å². The van der Waals surface area contributed by atoms with Crippen LogP contribution in [0.4, 0.5) is 5.69 Å². The van der Waals surface area contributed by atoms with Crippen molar-refractivity contribution in [2.24, 2.45) is 4.99 Å². The maximum Gasteiger partial charge on any atom is 0.178 e. The molecule has 0 amide bonds. The predicted molar refractivity (Wildman–Crippen MR) is 101 cm³/mol. The number of aliphatic imine (C=N–C) groups is 1. The lowest BCUT2D eigenvalue weighted by Crippen LogP contribution is -1.80. The van der Waals surface area contributed by atoms with Crippen LogP contribution in [0, 0.1) is 0 Å². The van der Waals surface area contributed by atoms with Crippen molar-refractivity contribution in [1.82, 2.24) is 15.0 Å². The van der Waals surface area contributed by atoms with Crippen molar-refractivity contribution in [1.29, 1.82) is 0 Å². The average molecular weight is 377 g/mol. The van der Waals surface area contributed by atoms with Crippen molar-refractivity contribution in [3.63, 3.8) is 0 Å². The Bertz CT molecular complexity index is 1000. The van der Waals surface area contributed by atoms with Gasteiger partial charge in [-0.15, -0.1) is 0 Å². The minimum Gasteiger partial charge on any atom is -0.337 e. The van der Waals surface area contributed by atoms with Crippen LogP contribution in [-0.4, -0.2) is 21.2 Å². The van der Waals surface area contributed by atoms with Crippen LogP contribution in [0.15, 0.2) is 76.3 Å². The first-order valence-corrected chi connectivity index (χ1v) is 8.28. The highest BCUT2D eigenvalue weighted by atomic mass is 79.9. The largest absolute Gasteiger partial charge is 0.337 e. The van der Waals surface area contributed by atoms with Crippen molar-refractivity contribution >= 4 is 39.0 Å². The third kappa shape index (κ3) is 3.12. The molecular formula is C19H13BrN4. The van der Waals surface area contributed by atoms with Crippen molar-refractivity contribution in [3.8, 4) is 11.4 Å². The van der Waals surface area contributed by atoms with Gasteiger partial charge in [0.2, 0.25) is 0 Å². The molecule has 0 fully saturated rings. The quantitative estimate of drug-likeness (QED) is 0.503. The summed E-state index contributed by atoms with van der Waals surface area (Å²) in [7, 11) is 0. The second-order valence-corrected chi connectivity index (χ2v) is 6.24. The molecule has 1 N–H and O–H groups in total. The van der Waals surface area contributed by atoms with Crippen molar-refractivity contribution in [3.05, 3.63) is 76.9 Å². The predicted octanol–water partition coefficient (Wildman–Crippen LogP) is 5.14. The van der Waals surface area contributed by atoms with Crippen molar-refractivity contribution < 1.29 is 0 Å². The summed E-state index contributed by atoms with van der Waals surface area (Å²) in [5.74, 6) is 0.800. The highest BCUT2D eigenvalue weighted by molar-refractivity contribution is 9.10. The van der Waals surface area contributed by atoms with E-state index in [9.17, 15) is 0 Å². The number of H-pyrrole nitrogens is 1. The number of aromatic nitrogens is 3. The van der Waals surface area contributed by atoms with Gasteiger partial charge in [-0.1, -0.05) is 30.3 Å². The summed E-state index contributed by atoms with van der Waals surface area (Å²) in [6, 6.07) is 20.0. The lowest BCUT2D eigenvalue weighted by atomic mass is 10.2. The van der Waals surface area contributed by atoms with E-state index in [1.807, 2.05) is 66.9 Å². The van der Waals surface area contributed by atoms with Crippen LogP contribution in [0.1, 0.15) is 5.56 Å². The molecule has 0 radical (unpaired) electrons. The van der Waals surface area contributed by atoms with E-state index in [0.29, 0.717) is 5.65 Å². The smallest absolute Gasteiger partial charge is 0.178 e. The average Bonchev–Trinajstić information content (AvgIpc) is 3.04. The van der Waals surface area contributed by atoms with Gasteiger partial charge in [-0.25, -0.2) is 9.97 Å². The third-order valence-electron chi connectivity index (χ3n) is 3.61. The van der Waals surface area contributed by atoms with E-state index in [4.69, 9.17) is 0 Å². The molecule has 0 aliphatic carbocycles. The van der Waals surface area contributed by atoms with E-state index in [1.165, 1.54) is 0 Å². The molecule has 2 heterocycles. The van der Waals surface area contributed by atoms with Gasteiger partial charge >= 0.3 is 0 Å². The number of hydrogen-bond acceptors (Lipinski definition) is 3. The Hall–Kier alpha value is -2.79. The number of aromatic amines is 1. The molecule has 0 aliphatic heterocycles. The zero-order valence-corrected chi connectivity index (χ0v) is 14.2. The SMILES string of the molecule is Brc1cnc2nc(-c3ccc(N=Cc4ccccc4)cc3)[nH]c2c1. The molecule has 0 aliphatic rings.